The van der Waals surface area contributed by atoms with Crippen LogP contribution in [0.4, 0.5) is 0 Å². The van der Waals surface area contributed by atoms with Crippen molar-refractivity contribution in [2.75, 3.05) is 13.2 Å². The Kier molecular flexibility index (Phi) is 2.61. The van der Waals surface area contributed by atoms with Crippen LogP contribution in [0.25, 0.3) is 0 Å². The minimum Gasteiger partial charge on any atom is -0.379 e. The number of nitrogens with zero attached hydrogens (tertiary/aromatic N) is 2. The van der Waals surface area contributed by atoms with E-state index in [2.05, 4.69) is 5.10 Å². The van der Waals surface area contributed by atoms with E-state index in [0.717, 1.165) is 30.0 Å². The molecular formula is C11H16N2O2. The van der Waals surface area contributed by atoms with Crippen molar-refractivity contribution in [3.63, 3.8) is 0 Å². The lowest BCUT2D eigenvalue weighted by atomic mass is 10.1. The van der Waals surface area contributed by atoms with Gasteiger partial charge < -0.3 is 4.74 Å². The Bertz CT molecular complexity index is 390. The third-order valence-electron chi connectivity index (χ3n) is 2.93. The number of Topliss-reactive ketones (excluding diaryl/α,β-unsaturated/α-hetero) is 1. The summed E-state index contributed by atoms with van der Waals surface area (Å²) >= 11 is 0. The first-order valence-corrected chi connectivity index (χ1v) is 5.25. The number of aryl methyl sites for hydroxylation is 1. The highest BCUT2D eigenvalue weighted by Gasteiger charge is 2.23. The van der Waals surface area contributed by atoms with Crippen LogP contribution in [0.15, 0.2) is 0 Å². The van der Waals surface area contributed by atoms with Crippen molar-refractivity contribution in [2.45, 2.75) is 33.2 Å². The largest absolute Gasteiger partial charge is 0.379 e. The number of ether oxygens (including phenoxy) is 1. The van der Waals surface area contributed by atoms with Crippen LogP contribution in [0, 0.1) is 13.8 Å². The topological polar surface area (TPSA) is 44.1 Å². The number of carbonyl (C=O) groups excluding carboxylic acids is 1. The Balaban J connectivity index is 2.40. The molecule has 2 rings (SSSR count). The van der Waals surface area contributed by atoms with Gasteiger partial charge in [0.05, 0.1) is 23.9 Å². The average molecular weight is 208 g/mol. The molecule has 15 heavy (non-hydrogen) atoms. The molecule has 1 atom stereocenters. The van der Waals surface area contributed by atoms with E-state index < -0.39 is 0 Å². The van der Waals surface area contributed by atoms with E-state index >= 15 is 0 Å². The molecule has 1 aliphatic heterocycles. The van der Waals surface area contributed by atoms with E-state index in [1.807, 2.05) is 18.5 Å². The van der Waals surface area contributed by atoms with Gasteiger partial charge in [0.15, 0.2) is 5.78 Å². The average Bonchev–Trinajstić information content (AvgIpc) is 2.72. The van der Waals surface area contributed by atoms with Crippen molar-refractivity contribution in [2.24, 2.45) is 0 Å². The molecule has 0 aliphatic carbocycles. The predicted octanol–water partition coefficient (Wildman–Crippen LogP) is 1.66. The van der Waals surface area contributed by atoms with E-state index in [9.17, 15) is 4.79 Å². The number of hydrogen-bond donors (Lipinski definition) is 0. The highest BCUT2D eigenvalue weighted by atomic mass is 16.5. The molecule has 1 unspecified atom stereocenters. The number of carbonyl (C=O) groups is 1. The lowest BCUT2D eigenvalue weighted by Gasteiger charge is -2.10. The summed E-state index contributed by atoms with van der Waals surface area (Å²) in [5.74, 6) is 0.0927. The predicted molar refractivity (Wildman–Crippen MR) is 56.2 cm³/mol. The summed E-state index contributed by atoms with van der Waals surface area (Å²) in [6.45, 7) is 6.93. The maximum absolute atomic E-state index is 11.4. The second-order valence-electron chi connectivity index (χ2n) is 4.06. The van der Waals surface area contributed by atoms with E-state index in [1.54, 1.807) is 6.92 Å². The summed E-state index contributed by atoms with van der Waals surface area (Å²) in [7, 11) is 0. The number of aromatic nitrogens is 2. The van der Waals surface area contributed by atoms with Gasteiger partial charge in [0.25, 0.3) is 0 Å². The first kappa shape index (κ1) is 10.4. The maximum atomic E-state index is 11.4. The Labute approximate surface area is 89.2 Å². The van der Waals surface area contributed by atoms with Crippen LogP contribution in [-0.4, -0.2) is 28.8 Å². The van der Waals surface area contributed by atoms with Gasteiger partial charge in [-0.1, -0.05) is 0 Å². The Morgan fingerprint density at radius 2 is 2.27 bits per heavy atom. The van der Waals surface area contributed by atoms with Crippen LogP contribution in [0.2, 0.25) is 0 Å². The minimum atomic E-state index is 0.0927. The van der Waals surface area contributed by atoms with Crippen LogP contribution in [0.1, 0.15) is 41.1 Å². The fraction of sp³-hybridized carbons (Fsp3) is 0.636. The molecule has 1 saturated heterocycles. The maximum Gasteiger partial charge on any atom is 0.163 e. The molecular weight excluding hydrogens is 192 g/mol. The highest BCUT2D eigenvalue weighted by Crippen LogP contribution is 2.23. The summed E-state index contributed by atoms with van der Waals surface area (Å²) in [6.07, 6.45) is 0.985. The molecule has 0 aromatic carbocycles. The van der Waals surface area contributed by atoms with Gasteiger partial charge in [-0.05, 0) is 27.2 Å². The van der Waals surface area contributed by atoms with Crippen molar-refractivity contribution in [1.82, 2.24) is 9.78 Å². The van der Waals surface area contributed by atoms with Gasteiger partial charge >= 0.3 is 0 Å². The molecule has 1 fully saturated rings. The fourth-order valence-electron chi connectivity index (χ4n) is 2.24. The molecule has 1 aromatic heterocycles. The molecule has 4 heteroatoms. The van der Waals surface area contributed by atoms with Gasteiger partial charge in [-0.25, -0.2) is 0 Å². The Hall–Kier alpha value is -1.16. The number of hydrogen-bond acceptors (Lipinski definition) is 3. The molecule has 4 nitrogen and oxygen atoms in total. The van der Waals surface area contributed by atoms with Gasteiger partial charge in [-0.3, -0.25) is 9.48 Å². The van der Waals surface area contributed by atoms with E-state index in [-0.39, 0.29) is 5.78 Å². The molecule has 0 bridgehead atoms. The van der Waals surface area contributed by atoms with Crippen molar-refractivity contribution in [3.8, 4) is 0 Å². The molecule has 2 heterocycles. The van der Waals surface area contributed by atoms with Crippen molar-refractivity contribution in [3.05, 3.63) is 17.0 Å². The van der Waals surface area contributed by atoms with Crippen LogP contribution in [-0.2, 0) is 4.74 Å². The molecule has 0 spiro atoms. The van der Waals surface area contributed by atoms with E-state index in [4.69, 9.17) is 4.74 Å². The number of ketones is 1. The zero-order valence-electron chi connectivity index (χ0n) is 9.41. The van der Waals surface area contributed by atoms with Crippen molar-refractivity contribution < 1.29 is 9.53 Å². The lowest BCUT2D eigenvalue weighted by molar-refractivity contribution is 0.101. The van der Waals surface area contributed by atoms with Crippen molar-refractivity contribution in [1.29, 1.82) is 0 Å². The summed E-state index contributed by atoms with van der Waals surface area (Å²) in [6, 6.07) is 0.303. The molecule has 1 aliphatic rings. The quantitative estimate of drug-likeness (QED) is 0.694. The van der Waals surface area contributed by atoms with E-state index in [1.165, 1.54) is 0 Å². The minimum absolute atomic E-state index is 0.0927. The highest BCUT2D eigenvalue weighted by molar-refractivity contribution is 5.96. The molecule has 1 aromatic rings. The van der Waals surface area contributed by atoms with Crippen LogP contribution in [0.3, 0.4) is 0 Å². The molecule has 0 amide bonds. The SMILES string of the molecule is CC(=O)c1c(C)nn(C2CCOC2)c1C. The molecule has 0 saturated carbocycles. The summed E-state index contributed by atoms with van der Waals surface area (Å²) < 4.78 is 7.27. The van der Waals surface area contributed by atoms with Crippen molar-refractivity contribution >= 4 is 5.78 Å². The van der Waals surface area contributed by atoms with Crippen LogP contribution >= 0.6 is 0 Å². The Morgan fingerprint density at radius 3 is 2.73 bits per heavy atom. The summed E-state index contributed by atoms with van der Waals surface area (Å²) in [5, 5.41) is 4.43. The second kappa shape index (κ2) is 3.77. The lowest BCUT2D eigenvalue weighted by Crippen LogP contribution is -2.12. The molecule has 0 N–H and O–H groups in total. The smallest absolute Gasteiger partial charge is 0.163 e. The standard InChI is InChI=1S/C11H16N2O2/c1-7-11(9(3)14)8(2)13(12-7)10-4-5-15-6-10/h10H,4-6H2,1-3H3. The third-order valence-corrected chi connectivity index (χ3v) is 2.93. The zero-order chi connectivity index (χ0) is 11.0. The summed E-state index contributed by atoms with van der Waals surface area (Å²) in [5.41, 5.74) is 2.56. The van der Waals surface area contributed by atoms with Crippen LogP contribution in [0.5, 0.6) is 0 Å². The van der Waals surface area contributed by atoms with Gasteiger partial charge in [0, 0.05) is 12.3 Å². The van der Waals surface area contributed by atoms with Gasteiger partial charge in [-0.15, -0.1) is 0 Å². The monoisotopic (exact) mass is 208 g/mol. The summed E-state index contributed by atoms with van der Waals surface area (Å²) in [4.78, 5) is 11.4. The first-order valence-electron chi connectivity index (χ1n) is 5.25. The van der Waals surface area contributed by atoms with Crippen LogP contribution < -0.4 is 0 Å². The third kappa shape index (κ3) is 1.69. The van der Waals surface area contributed by atoms with Gasteiger partial charge in [0.2, 0.25) is 0 Å². The molecule has 82 valence electrons. The second-order valence-corrected chi connectivity index (χ2v) is 4.06. The first-order chi connectivity index (χ1) is 7.11. The number of rotatable bonds is 2. The van der Waals surface area contributed by atoms with E-state index in [0.29, 0.717) is 12.6 Å². The Morgan fingerprint density at radius 1 is 1.53 bits per heavy atom. The zero-order valence-corrected chi connectivity index (χ0v) is 9.41. The normalized spacial score (nSPS) is 20.9. The van der Waals surface area contributed by atoms with Gasteiger partial charge in [-0.2, -0.15) is 5.10 Å². The fourth-order valence-corrected chi connectivity index (χ4v) is 2.24. The molecule has 0 radical (unpaired) electrons. The van der Waals surface area contributed by atoms with Gasteiger partial charge in [0.1, 0.15) is 0 Å².